The smallest absolute Gasteiger partial charge is 0.243 e. The van der Waals surface area contributed by atoms with E-state index >= 15 is 0 Å². The van der Waals surface area contributed by atoms with Crippen LogP contribution in [0.1, 0.15) is 31.0 Å². The van der Waals surface area contributed by atoms with E-state index < -0.39 is 10.0 Å². The van der Waals surface area contributed by atoms with Crippen LogP contribution in [0.15, 0.2) is 64.5 Å². The van der Waals surface area contributed by atoms with E-state index in [9.17, 15) is 8.42 Å². The summed E-state index contributed by atoms with van der Waals surface area (Å²) in [5.41, 5.74) is 3.89. The second-order valence-electron chi connectivity index (χ2n) is 7.99. The zero-order chi connectivity index (χ0) is 22.7. The summed E-state index contributed by atoms with van der Waals surface area (Å²) in [6.45, 7) is 4.94. The molecule has 1 atom stereocenters. The van der Waals surface area contributed by atoms with Crippen molar-refractivity contribution in [2.24, 2.45) is 0 Å². The van der Waals surface area contributed by atoms with Crippen LogP contribution < -0.4 is 4.90 Å². The molecule has 2 aromatic heterocycles. The van der Waals surface area contributed by atoms with Crippen molar-refractivity contribution < 1.29 is 12.8 Å². The molecule has 1 aliphatic rings. The lowest BCUT2D eigenvalue weighted by atomic mass is 10.0. The van der Waals surface area contributed by atoms with Crippen molar-refractivity contribution in [3.05, 3.63) is 66.5 Å². The summed E-state index contributed by atoms with van der Waals surface area (Å²) >= 11 is 0. The molecular weight excluding hydrogens is 424 g/mol. The van der Waals surface area contributed by atoms with Crippen molar-refractivity contribution in [1.29, 1.82) is 0 Å². The Morgan fingerprint density at radius 1 is 1.22 bits per heavy atom. The fourth-order valence-corrected chi connectivity index (χ4v) is 5.71. The minimum absolute atomic E-state index is 0.0813. The number of pyridine rings is 1. The SMILES string of the molecule is C/C=C\c1c(N(C)C2CCCN(S(=O)(=O)c3ccc(-c4cnco4)cc3)C2)ccnc1C. The van der Waals surface area contributed by atoms with Gasteiger partial charge in [-0.25, -0.2) is 13.4 Å². The minimum Gasteiger partial charge on any atom is -0.444 e. The Morgan fingerprint density at radius 2 is 2.00 bits per heavy atom. The van der Waals surface area contributed by atoms with Crippen LogP contribution in [0.25, 0.3) is 17.4 Å². The predicted octanol–water partition coefficient (Wildman–Crippen LogP) is 4.37. The van der Waals surface area contributed by atoms with Gasteiger partial charge in [0.2, 0.25) is 10.0 Å². The number of oxazole rings is 1. The first-order chi connectivity index (χ1) is 15.4. The highest BCUT2D eigenvalue weighted by Crippen LogP contribution is 2.30. The first kappa shape index (κ1) is 22.2. The largest absolute Gasteiger partial charge is 0.444 e. The lowest BCUT2D eigenvalue weighted by molar-refractivity contribution is 0.310. The Kier molecular flexibility index (Phi) is 6.43. The fourth-order valence-electron chi connectivity index (χ4n) is 4.20. The molecule has 1 aromatic carbocycles. The highest BCUT2D eigenvalue weighted by molar-refractivity contribution is 7.89. The molecule has 7 nitrogen and oxygen atoms in total. The van der Waals surface area contributed by atoms with Gasteiger partial charge in [0.05, 0.1) is 11.1 Å². The molecule has 8 heteroatoms. The summed E-state index contributed by atoms with van der Waals surface area (Å²) < 4.78 is 33.6. The first-order valence-corrected chi connectivity index (χ1v) is 12.2. The molecule has 0 aliphatic carbocycles. The molecule has 1 fully saturated rings. The lowest BCUT2D eigenvalue weighted by Crippen LogP contribution is -2.48. The monoisotopic (exact) mass is 452 g/mol. The van der Waals surface area contributed by atoms with E-state index in [-0.39, 0.29) is 6.04 Å². The third-order valence-electron chi connectivity index (χ3n) is 6.00. The molecule has 168 valence electrons. The van der Waals surface area contributed by atoms with Gasteiger partial charge in [0.1, 0.15) is 0 Å². The normalized spacial score (nSPS) is 17.7. The molecule has 0 amide bonds. The van der Waals surface area contributed by atoms with Gasteiger partial charge >= 0.3 is 0 Å². The second-order valence-corrected chi connectivity index (χ2v) is 9.93. The molecule has 1 unspecified atom stereocenters. The van der Waals surface area contributed by atoms with Crippen molar-refractivity contribution in [2.45, 2.75) is 37.6 Å². The summed E-state index contributed by atoms with van der Waals surface area (Å²) in [7, 11) is -1.55. The third-order valence-corrected chi connectivity index (χ3v) is 7.87. The second kappa shape index (κ2) is 9.26. The molecule has 4 rings (SSSR count). The summed E-state index contributed by atoms with van der Waals surface area (Å²) in [5.74, 6) is 0.609. The van der Waals surface area contributed by atoms with Crippen LogP contribution in [0.3, 0.4) is 0 Å². The maximum Gasteiger partial charge on any atom is 0.243 e. The molecule has 32 heavy (non-hydrogen) atoms. The van der Waals surface area contributed by atoms with E-state index in [2.05, 4.69) is 20.9 Å². The van der Waals surface area contributed by atoms with Crippen LogP contribution in [0, 0.1) is 6.92 Å². The molecule has 0 radical (unpaired) electrons. The Bertz CT molecular complexity index is 1190. The number of benzene rings is 1. The minimum atomic E-state index is -3.59. The van der Waals surface area contributed by atoms with Crippen molar-refractivity contribution >= 4 is 21.8 Å². The van der Waals surface area contributed by atoms with E-state index in [1.807, 2.05) is 39.2 Å². The van der Waals surface area contributed by atoms with Gasteiger partial charge in [0, 0.05) is 54.9 Å². The molecule has 1 aliphatic heterocycles. The van der Waals surface area contributed by atoms with Gasteiger partial charge < -0.3 is 9.32 Å². The lowest BCUT2D eigenvalue weighted by Gasteiger charge is -2.38. The summed E-state index contributed by atoms with van der Waals surface area (Å²) in [4.78, 5) is 10.8. The maximum absolute atomic E-state index is 13.4. The summed E-state index contributed by atoms with van der Waals surface area (Å²) in [5, 5.41) is 0. The van der Waals surface area contributed by atoms with Gasteiger partial charge in [-0.3, -0.25) is 4.98 Å². The van der Waals surface area contributed by atoms with Crippen LogP contribution in [0.5, 0.6) is 0 Å². The average Bonchev–Trinajstić information content (AvgIpc) is 3.35. The van der Waals surface area contributed by atoms with Crippen LogP contribution in [-0.2, 0) is 10.0 Å². The Hall–Kier alpha value is -2.97. The number of anilines is 1. The number of likely N-dealkylation sites (N-methyl/N-ethyl adjacent to an activating group) is 1. The van der Waals surface area contributed by atoms with Crippen molar-refractivity contribution in [2.75, 3.05) is 25.0 Å². The topological polar surface area (TPSA) is 79.5 Å². The first-order valence-electron chi connectivity index (χ1n) is 10.7. The number of rotatable bonds is 6. The quantitative estimate of drug-likeness (QED) is 0.553. The van der Waals surface area contributed by atoms with Crippen LogP contribution in [0.4, 0.5) is 5.69 Å². The molecule has 3 heterocycles. The van der Waals surface area contributed by atoms with Gasteiger partial charge in [-0.1, -0.05) is 12.2 Å². The van der Waals surface area contributed by atoms with Crippen LogP contribution in [0.2, 0.25) is 0 Å². The van der Waals surface area contributed by atoms with Gasteiger partial charge in [-0.2, -0.15) is 4.31 Å². The van der Waals surface area contributed by atoms with Crippen LogP contribution >= 0.6 is 0 Å². The van der Waals surface area contributed by atoms with E-state index in [0.29, 0.717) is 23.7 Å². The number of sulfonamides is 1. The van der Waals surface area contributed by atoms with E-state index in [1.165, 1.54) is 6.39 Å². The number of allylic oxidation sites excluding steroid dienone is 1. The number of aromatic nitrogens is 2. The van der Waals surface area contributed by atoms with Gasteiger partial charge in [0.15, 0.2) is 12.2 Å². The maximum atomic E-state index is 13.4. The number of aryl methyl sites for hydroxylation is 1. The molecule has 0 saturated carbocycles. The fraction of sp³-hybridized carbons (Fsp3) is 0.333. The standard InChI is InChI=1S/C24H28N4O3S/c1-4-6-22-18(2)26-13-12-23(22)27(3)20-7-5-14-28(16-20)32(29,30)21-10-8-19(9-11-21)24-15-25-17-31-24/h4,6,8-13,15,17,20H,5,7,14,16H2,1-3H3/b6-4-. The Labute approximate surface area is 189 Å². The average molecular weight is 453 g/mol. The molecule has 1 saturated heterocycles. The molecular formula is C24H28N4O3S. The molecule has 0 spiro atoms. The Morgan fingerprint density at radius 3 is 2.69 bits per heavy atom. The third kappa shape index (κ3) is 4.33. The molecule has 0 bridgehead atoms. The number of hydrogen-bond donors (Lipinski definition) is 0. The highest BCUT2D eigenvalue weighted by atomic mass is 32.2. The van der Waals surface area contributed by atoms with Gasteiger partial charge in [0.25, 0.3) is 0 Å². The molecule has 0 N–H and O–H groups in total. The van der Waals surface area contributed by atoms with E-state index in [4.69, 9.17) is 4.42 Å². The number of piperidine rings is 1. The zero-order valence-electron chi connectivity index (χ0n) is 18.6. The van der Waals surface area contributed by atoms with Crippen molar-refractivity contribution in [3.8, 4) is 11.3 Å². The summed E-state index contributed by atoms with van der Waals surface area (Å²) in [6.07, 6.45) is 10.6. The molecule has 3 aromatic rings. The van der Waals surface area contributed by atoms with E-state index in [1.54, 1.807) is 34.8 Å². The highest BCUT2D eigenvalue weighted by Gasteiger charge is 2.32. The number of hydrogen-bond acceptors (Lipinski definition) is 6. The summed E-state index contributed by atoms with van der Waals surface area (Å²) in [6, 6.07) is 8.86. The Balaban J connectivity index is 1.55. The number of nitrogens with zero attached hydrogens (tertiary/aromatic N) is 4. The van der Waals surface area contributed by atoms with Crippen molar-refractivity contribution in [3.63, 3.8) is 0 Å². The van der Waals surface area contributed by atoms with Crippen molar-refractivity contribution in [1.82, 2.24) is 14.3 Å². The predicted molar refractivity (Wildman–Crippen MR) is 126 cm³/mol. The van der Waals surface area contributed by atoms with Gasteiger partial charge in [-0.15, -0.1) is 0 Å². The van der Waals surface area contributed by atoms with E-state index in [0.717, 1.165) is 35.3 Å². The van der Waals surface area contributed by atoms with Gasteiger partial charge in [-0.05, 0) is 57.0 Å². The van der Waals surface area contributed by atoms with Crippen LogP contribution in [-0.4, -0.2) is 48.9 Å². The zero-order valence-corrected chi connectivity index (χ0v) is 19.4.